The molecule has 46 valence electrons. The molecule has 0 saturated carbocycles. The highest BCUT2D eigenvalue weighted by atomic mass is 16.4. The van der Waals surface area contributed by atoms with Gasteiger partial charge in [0.2, 0.25) is 0 Å². The van der Waals surface area contributed by atoms with Crippen molar-refractivity contribution in [3.8, 4) is 0 Å². The van der Waals surface area contributed by atoms with Crippen molar-refractivity contribution in [3.05, 3.63) is 6.92 Å². The molecule has 0 amide bonds. The summed E-state index contributed by atoms with van der Waals surface area (Å²) in [5, 5.41) is 8.23. The van der Waals surface area contributed by atoms with Gasteiger partial charge in [0.15, 0.2) is 0 Å². The van der Waals surface area contributed by atoms with Gasteiger partial charge in [-0.2, -0.15) is 0 Å². The summed E-state index contributed by atoms with van der Waals surface area (Å²) in [4.78, 5) is 10.0. The topological polar surface area (TPSA) is 37.3 Å². The van der Waals surface area contributed by atoms with Crippen LogP contribution < -0.4 is 0 Å². The third-order valence-corrected chi connectivity index (χ3v) is 1.00. The van der Waals surface area contributed by atoms with Crippen molar-refractivity contribution in [3.63, 3.8) is 0 Å². The molecule has 1 N–H and O–H groups in total. The molecule has 0 aromatic carbocycles. The second-order valence-electron chi connectivity index (χ2n) is 2.11. The van der Waals surface area contributed by atoms with Crippen molar-refractivity contribution in [1.82, 2.24) is 0 Å². The fourth-order valence-electron chi connectivity index (χ4n) is 0.285. The Hall–Kier alpha value is -0.530. The highest BCUT2D eigenvalue weighted by Gasteiger charge is 2.14. The van der Waals surface area contributed by atoms with Crippen molar-refractivity contribution in [2.75, 3.05) is 0 Å². The smallest absolute Gasteiger partial charge is 0.307 e. The number of rotatable bonds is 2. The Bertz CT molecular complexity index is 86.5. The number of carboxylic acids is 1. The second kappa shape index (κ2) is 2.70. The molecule has 1 unspecified atom stereocenters. The molecule has 0 heterocycles. The molecule has 2 radical (unpaired) electrons. The highest BCUT2D eigenvalue weighted by Crippen LogP contribution is 2.07. The summed E-state index contributed by atoms with van der Waals surface area (Å²) in [5.41, 5.74) is 0. The van der Waals surface area contributed by atoms with E-state index in [1.165, 1.54) is 0 Å². The van der Waals surface area contributed by atoms with Gasteiger partial charge in [0, 0.05) is 0 Å². The zero-order valence-corrected chi connectivity index (χ0v) is 5.09. The molecular formula is C6H10O2. The fraction of sp³-hybridized carbons (Fsp3) is 0.667. The van der Waals surface area contributed by atoms with Crippen LogP contribution in [0.2, 0.25) is 0 Å². The van der Waals surface area contributed by atoms with E-state index in [4.69, 9.17) is 12.0 Å². The van der Waals surface area contributed by atoms with Gasteiger partial charge < -0.3 is 5.11 Å². The molecule has 2 nitrogen and oxygen atoms in total. The standard InChI is InChI=1S/C6H10O2/c1-4(2)5(3)6(7)8/h3-5H,1-2H3,(H,7,8). The van der Waals surface area contributed by atoms with Crippen molar-refractivity contribution < 1.29 is 9.90 Å². The van der Waals surface area contributed by atoms with Gasteiger partial charge in [-0.25, -0.2) is 0 Å². The van der Waals surface area contributed by atoms with Crippen molar-refractivity contribution in [2.24, 2.45) is 11.8 Å². The lowest BCUT2D eigenvalue weighted by atomic mass is 9.99. The monoisotopic (exact) mass is 114 g/mol. The molecule has 1 atom stereocenters. The van der Waals surface area contributed by atoms with Crippen molar-refractivity contribution >= 4 is 5.97 Å². The van der Waals surface area contributed by atoms with Crippen LogP contribution in [0.25, 0.3) is 0 Å². The molecule has 0 aliphatic carbocycles. The summed E-state index contributed by atoms with van der Waals surface area (Å²) < 4.78 is 0. The van der Waals surface area contributed by atoms with E-state index in [0.717, 1.165) is 0 Å². The molecule has 0 fully saturated rings. The summed E-state index contributed by atoms with van der Waals surface area (Å²) in [5.74, 6) is -1.62. The Kier molecular flexibility index (Phi) is 2.52. The Morgan fingerprint density at radius 2 is 2.00 bits per heavy atom. The van der Waals surface area contributed by atoms with E-state index in [2.05, 4.69) is 0 Å². The van der Waals surface area contributed by atoms with Crippen LogP contribution in [0.1, 0.15) is 13.8 Å². The Labute approximate surface area is 49.5 Å². The number of hydrogen-bond donors (Lipinski definition) is 1. The Morgan fingerprint density at radius 3 is 2.00 bits per heavy atom. The Morgan fingerprint density at radius 1 is 1.62 bits per heavy atom. The first-order chi connectivity index (χ1) is 3.55. The fourth-order valence-corrected chi connectivity index (χ4v) is 0.285. The van der Waals surface area contributed by atoms with Gasteiger partial charge in [0.25, 0.3) is 0 Å². The van der Waals surface area contributed by atoms with E-state index >= 15 is 0 Å². The number of aliphatic carboxylic acids is 1. The Balaban J connectivity index is 3.64. The summed E-state index contributed by atoms with van der Waals surface area (Å²) in [7, 11) is 0. The normalized spacial score (nSPS) is 14.0. The molecule has 0 aliphatic heterocycles. The van der Waals surface area contributed by atoms with Crippen LogP contribution in [-0.4, -0.2) is 11.1 Å². The van der Waals surface area contributed by atoms with Crippen molar-refractivity contribution in [1.29, 1.82) is 0 Å². The molecule has 0 saturated heterocycles. The van der Waals surface area contributed by atoms with E-state index in [1.807, 2.05) is 0 Å². The molecule has 0 aliphatic rings. The molecule has 8 heavy (non-hydrogen) atoms. The van der Waals surface area contributed by atoms with Crippen LogP contribution in [0.5, 0.6) is 0 Å². The largest absolute Gasteiger partial charge is 0.481 e. The van der Waals surface area contributed by atoms with E-state index < -0.39 is 11.9 Å². The van der Waals surface area contributed by atoms with E-state index in [0.29, 0.717) is 0 Å². The first-order valence-electron chi connectivity index (χ1n) is 2.54. The summed E-state index contributed by atoms with van der Waals surface area (Å²) >= 11 is 0. The number of carbonyl (C=O) groups is 1. The first-order valence-corrected chi connectivity index (χ1v) is 2.54. The van der Waals surface area contributed by atoms with Gasteiger partial charge in [-0.15, -0.1) is 0 Å². The third-order valence-electron chi connectivity index (χ3n) is 1.00. The molecule has 0 aromatic rings. The van der Waals surface area contributed by atoms with Crippen LogP contribution in [0.15, 0.2) is 0 Å². The summed E-state index contributed by atoms with van der Waals surface area (Å²) in [6, 6.07) is 0. The molecule has 0 rings (SSSR count). The predicted octanol–water partition coefficient (Wildman–Crippen LogP) is 1.05. The predicted molar refractivity (Wildman–Crippen MR) is 30.3 cm³/mol. The molecule has 0 spiro atoms. The SMILES string of the molecule is [CH]C(C(=O)O)C(C)C. The van der Waals surface area contributed by atoms with Crippen LogP contribution >= 0.6 is 0 Å². The maximum atomic E-state index is 10.0. The molecule has 0 aromatic heterocycles. The van der Waals surface area contributed by atoms with Gasteiger partial charge >= 0.3 is 5.97 Å². The summed E-state index contributed by atoms with van der Waals surface area (Å²) in [6.45, 7) is 8.71. The third kappa shape index (κ3) is 1.96. The lowest BCUT2D eigenvalue weighted by molar-refractivity contribution is -0.141. The molecule has 2 heteroatoms. The molecule has 0 bridgehead atoms. The van der Waals surface area contributed by atoms with E-state index in [9.17, 15) is 4.79 Å². The van der Waals surface area contributed by atoms with Gasteiger partial charge in [0.05, 0.1) is 5.92 Å². The maximum Gasteiger partial charge on any atom is 0.307 e. The summed E-state index contributed by atoms with van der Waals surface area (Å²) in [6.07, 6.45) is 0. The lowest BCUT2D eigenvalue weighted by Gasteiger charge is -2.07. The van der Waals surface area contributed by atoms with E-state index in [-0.39, 0.29) is 5.92 Å². The minimum atomic E-state index is -0.931. The minimum absolute atomic E-state index is 0.0208. The quantitative estimate of drug-likeness (QED) is 0.582. The van der Waals surface area contributed by atoms with Gasteiger partial charge in [-0.1, -0.05) is 13.8 Å². The van der Waals surface area contributed by atoms with Crippen molar-refractivity contribution in [2.45, 2.75) is 13.8 Å². The number of carboxylic acid groups (broad SMARTS) is 1. The van der Waals surface area contributed by atoms with Crippen LogP contribution in [0.3, 0.4) is 0 Å². The average molecular weight is 114 g/mol. The zero-order chi connectivity index (χ0) is 6.73. The van der Waals surface area contributed by atoms with Gasteiger partial charge in [-0.3, -0.25) is 4.79 Å². The van der Waals surface area contributed by atoms with E-state index in [1.54, 1.807) is 13.8 Å². The molecular weight excluding hydrogens is 104 g/mol. The van der Waals surface area contributed by atoms with Gasteiger partial charge in [0.1, 0.15) is 0 Å². The maximum absolute atomic E-state index is 10.0. The lowest BCUT2D eigenvalue weighted by Crippen LogP contribution is -2.15. The first kappa shape index (κ1) is 7.47. The number of hydrogen-bond acceptors (Lipinski definition) is 1. The van der Waals surface area contributed by atoms with Crippen LogP contribution in [-0.2, 0) is 4.79 Å². The van der Waals surface area contributed by atoms with Crippen LogP contribution in [0, 0.1) is 18.8 Å². The zero-order valence-electron chi connectivity index (χ0n) is 5.09. The van der Waals surface area contributed by atoms with Crippen LogP contribution in [0.4, 0.5) is 0 Å². The minimum Gasteiger partial charge on any atom is -0.481 e. The highest BCUT2D eigenvalue weighted by molar-refractivity contribution is 5.70. The van der Waals surface area contributed by atoms with Gasteiger partial charge in [-0.05, 0) is 12.8 Å². The second-order valence-corrected chi connectivity index (χ2v) is 2.11. The average Bonchev–Trinajstić information content (AvgIpc) is 1.64.